The molecule has 21 heavy (non-hydrogen) atoms. The molecule has 2 aromatic rings. The average Bonchev–Trinajstić information content (AvgIpc) is 2.43. The van der Waals surface area contributed by atoms with Crippen LogP contribution in [0.3, 0.4) is 0 Å². The summed E-state index contributed by atoms with van der Waals surface area (Å²) < 4.78 is 5.65. The largest absolute Gasteiger partial charge is 0.496 e. The van der Waals surface area contributed by atoms with Crippen LogP contribution < -0.4 is 10.1 Å². The Morgan fingerprint density at radius 3 is 2.05 bits per heavy atom. The van der Waals surface area contributed by atoms with Gasteiger partial charge in [0.2, 0.25) is 0 Å². The molecule has 0 aliphatic carbocycles. The highest BCUT2D eigenvalue weighted by Crippen LogP contribution is 2.36. The molecule has 0 saturated heterocycles. The smallest absolute Gasteiger partial charge is 0.124 e. The molecule has 0 saturated carbocycles. The van der Waals surface area contributed by atoms with Crippen LogP contribution in [0.4, 0.5) is 0 Å². The summed E-state index contributed by atoms with van der Waals surface area (Å²) in [4.78, 5) is 0. The molecule has 0 bridgehead atoms. The lowest BCUT2D eigenvalue weighted by molar-refractivity contribution is 0.404. The van der Waals surface area contributed by atoms with Crippen LogP contribution in [0.25, 0.3) is 0 Å². The van der Waals surface area contributed by atoms with Gasteiger partial charge in [0.05, 0.1) is 13.2 Å². The minimum Gasteiger partial charge on any atom is -0.496 e. The molecule has 0 aliphatic heterocycles. The van der Waals surface area contributed by atoms with Crippen molar-refractivity contribution in [3.63, 3.8) is 0 Å². The lowest BCUT2D eigenvalue weighted by Crippen LogP contribution is -2.21. The minimum atomic E-state index is 0.141. The fourth-order valence-corrected chi connectivity index (χ4v) is 3.19. The molecule has 2 aromatic carbocycles. The van der Waals surface area contributed by atoms with Gasteiger partial charge in [-0.3, -0.25) is 0 Å². The second-order valence-electron chi connectivity index (χ2n) is 5.72. The molecule has 2 heteroatoms. The lowest BCUT2D eigenvalue weighted by atomic mass is 9.88. The van der Waals surface area contributed by atoms with Crippen molar-refractivity contribution < 1.29 is 4.74 Å². The highest BCUT2D eigenvalue weighted by molar-refractivity contribution is 5.51. The number of methoxy groups -OCH3 is 1. The first-order chi connectivity index (χ1) is 9.99. The van der Waals surface area contributed by atoms with E-state index in [1.807, 2.05) is 7.05 Å². The summed E-state index contributed by atoms with van der Waals surface area (Å²) in [7, 11) is 3.75. The number of hydrogen-bond acceptors (Lipinski definition) is 2. The summed E-state index contributed by atoms with van der Waals surface area (Å²) in [6, 6.07) is 10.9. The molecule has 2 rings (SSSR count). The van der Waals surface area contributed by atoms with Crippen LogP contribution in [0.5, 0.6) is 5.75 Å². The Morgan fingerprint density at radius 1 is 0.905 bits per heavy atom. The Kier molecular flexibility index (Phi) is 4.69. The van der Waals surface area contributed by atoms with Crippen LogP contribution in [0.15, 0.2) is 30.3 Å². The van der Waals surface area contributed by atoms with Gasteiger partial charge in [-0.1, -0.05) is 24.3 Å². The van der Waals surface area contributed by atoms with Crippen LogP contribution in [0.1, 0.15) is 39.4 Å². The fourth-order valence-electron chi connectivity index (χ4n) is 3.19. The zero-order chi connectivity index (χ0) is 15.6. The van der Waals surface area contributed by atoms with E-state index in [1.165, 1.54) is 33.4 Å². The molecule has 0 spiro atoms. The minimum absolute atomic E-state index is 0.141. The van der Waals surface area contributed by atoms with Crippen LogP contribution >= 0.6 is 0 Å². The van der Waals surface area contributed by atoms with Crippen LogP contribution in [0.2, 0.25) is 0 Å². The van der Waals surface area contributed by atoms with Gasteiger partial charge in [0.15, 0.2) is 0 Å². The van der Waals surface area contributed by atoms with Crippen molar-refractivity contribution in [3.8, 4) is 5.75 Å². The Hall–Kier alpha value is -1.80. The highest BCUT2D eigenvalue weighted by Gasteiger charge is 2.22. The summed E-state index contributed by atoms with van der Waals surface area (Å²) >= 11 is 0. The average molecular weight is 283 g/mol. The molecule has 1 atom stereocenters. The monoisotopic (exact) mass is 283 g/mol. The number of benzene rings is 2. The Balaban J connectivity index is 2.68. The maximum absolute atomic E-state index is 5.65. The predicted octanol–water partition coefficient (Wildman–Crippen LogP) is 4.24. The second-order valence-corrected chi connectivity index (χ2v) is 5.72. The Bertz CT molecular complexity index is 626. The third-order valence-corrected chi connectivity index (χ3v) is 4.12. The molecular formula is C19H25NO. The quantitative estimate of drug-likeness (QED) is 0.906. The first-order valence-electron chi connectivity index (χ1n) is 7.38. The summed E-state index contributed by atoms with van der Waals surface area (Å²) in [6.07, 6.45) is 0. The van der Waals surface area contributed by atoms with Gasteiger partial charge in [-0.25, -0.2) is 0 Å². The van der Waals surface area contributed by atoms with Crippen molar-refractivity contribution in [2.45, 2.75) is 33.7 Å². The van der Waals surface area contributed by atoms with Gasteiger partial charge in [0.1, 0.15) is 5.75 Å². The topological polar surface area (TPSA) is 21.3 Å². The van der Waals surface area contributed by atoms with E-state index >= 15 is 0 Å². The summed E-state index contributed by atoms with van der Waals surface area (Å²) in [5.74, 6) is 0.953. The van der Waals surface area contributed by atoms with Crippen molar-refractivity contribution in [1.29, 1.82) is 0 Å². The molecule has 0 aromatic heterocycles. The van der Waals surface area contributed by atoms with Crippen molar-refractivity contribution in [2.24, 2.45) is 0 Å². The molecule has 112 valence electrons. The summed E-state index contributed by atoms with van der Waals surface area (Å²) in [5, 5.41) is 3.47. The molecule has 0 fully saturated rings. The van der Waals surface area contributed by atoms with E-state index in [4.69, 9.17) is 4.74 Å². The molecule has 0 aliphatic rings. The second kappa shape index (κ2) is 6.31. The molecule has 0 heterocycles. The molecule has 1 unspecified atom stereocenters. The van der Waals surface area contributed by atoms with Crippen molar-refractivity contribution in [2.75, 3.05) is 14.2 Å². The molecule has 0 amide bonds. The molecule has 2 nitrogen and oxygen atoms in total. The first kappa shape index (κ1) is 15.6. The third kappa shape index (κ3) is 2.96. The van der Waals surface area contributed by atoms with Crippen LogP contribution in [0, 0.1) is 27.7 Å². The SMILES string of the molecule is CNC(c1c(C)cccc1C)c1c(C)cc(C)cc1OC. The van der Waals surface area contributed by atoms with Crippen molar-refractivity contribution >= 4 is 0 Å². The maximum Gasteiger partial charge on any atom is 0.124 e. The lowest BCUT2D eigenvalue weighted by Gasteiger charge is -2.25. The van der Waals surface area contributed by atoms with Gasteiger partial charge in [-0.05, 0) is 68.6 Å². The van der Waals surface area contributed by atoms with Crippen LogP contribution in [-0.2, 0) is 0 Å². The van der Waals surface area contributed by atoms with E-state index in [0.29, 0.717) is 0 Å². The Labute approximate surface area is 128 Å². The van der Waals surface area contributed by atoms with E-state index < -0.39 is 0 Å². The number of aryl methyl sites for hydroxylation is 4. The normalized spacial score (nSPS) is 12.3. The highest BCUT2D eigenvalue weighted by atomic mass is 16.5. The first-order valence-corrected chi connectivity index (χ1v) is 7.38. The standard InChI is InChI=1S/C19H25NO/c1-12-10-15(4)18(16(11-12)21-6)19(20-5)17-13(2)8-7-9-14(17)3/h7-11,19-20H,1-6H3. The molecule has 0 radical (unpaired) electrons. The summed E-state index contributed by atoms with van der Waals surface area (Å²) in [6.45, 7) is 8.60. The molecule has 1 N–H and O–H groups in total. The van der Waals surface area contributed by atoms with E-state index in [9.17, 15) is 0 Å². The van der Waals surface area contributed by atoms with E-state index in [1.54, 1.807) is 7.11 Å². The van der Waals surface area contributed by atoms with Gasteiger partial charge in [-0.2, -0.15) is 0 Å². The fraction of sp³-hybridized carbons (Fsp3) is 0.368. The van der Waals surface area contributed by atoms with E-state index in [2.05, 4.69) is 63.3 Å². The maximum atomic E-state index is 5.65. The van der Waals surface area contributed by atoms with Crippen molar-refractivity contribution in [3.05, 3.63) is 63.7 Å². The zero-order valence-electron chi connectivity index (χ0n) is 13.9. The van der Waals surface area contributed by atoms with E-state index in [-0.39, 0.29) is 6.04 Å². The summed E-state index contributed by atoms with van der Waals surface area (Å²) in [5.41, 5.74) is 7.65. The van der Waals surface area contributed by atoms with Gasteiger partial charge in [-0.15, -0.1) is 0 Å². The third-order valence-electron chi connectivity index (χ3n) is 4.12. The van der Waals surface area contributed by atoms with Gasteiger partial charge in [0.25, 0.3) is 0 Å². The van der Waals surface area contributed by atoms with E-state index in [0.717, 1.165) is 5.75 Å². The van der Waals surface area contributed by atoms with Crippen LogP contribution in [-0.4, -0.2) is 14.2 Å². The number of nitrogens with one attached hydrogen (secondary N) is 1. The van der Waals surface area contributed by atoms with Gasteiger partial charge < -0.3 is 10.1 Å². The number of ether oxygens (including phenoxy) is 1. The van der Waals surface area contributed by atoms with Crippen molar-refractivity contribution in [1.82, 2.24) is 5.32 Å². The Morgan fingerprint density at radius 2 is 1.52 bits per heavy atom. The van der Waals surface area contributed by atoms with Gasteiger partial charge >= 0.3 is 0 Å². The molecular weight excluding hydrogens is 258 g/mol. The number of rotatable bonds is 4. The predicted molar refractivity (Wildman–Crippen MR) is 89.3 cm³/mol. The zero-order valence-corrected chi connectivity index (χ0v) is 13.9. The van der Waals surface area contributed by atoms with Gasteiger partial charge in [0, 0.05) is 5.56 Å². The number of hydrogen-bond donors (Lipinski definition) is 1.